The molecule has 9 aromatic rings. The molecule has 0 amide bonds. The fourth-order valence-electron chi connectivity index (χ4n) is 6.97. The second-order valence-electron chi connectivity index (χ2n) is 13.7. The van der Waals surface area contributed by atoms with Crippen LogP contribution in [-0.4, -0.2) is 0 Å². The molecule has 0 saturated heterocycles. The van der Waals surface area contributed by atoms with Gasteiger partial charge in [0.05, 0.1) is 0 Å². The van der Waals surface area contributed by atoms with E-state index in [1.54, 1.807) is 0 Å². The summed E-state index contributed by atoms with van der Waals surface area (Å²) in [4.78, 5) is 0. The molecule has 4 nitrogen and oxygen atoms in total. The first-order valence-electron chi connectivity index (χ1n) is 19.2. The van der Waals surface area contributed by atoms with E-state index in [9.17, 15) is 0 Å². The van der Waals surface area contributed by atoms with Gasteiger partial charge in [-0.3, -0.25) is 0 Å². The second kappa shape index (κ2) is 16.9. The molecule has 278 valence electrons. The van der Waals surface area contributed by atoms with Gasteiger partial charge in [-0.2, -0.15) is 0 Å². The van der Waals surface area contributed by atoms with Crippen LogP contribution in [0.1, 0.15) is 0 Å². The number of para-hydroxylation sites is 4. The molecule has 58 heavy (non-hydrogen) atoms. The van der Waals surface area contributed by atoms with Crippen LogP contribution in [0.5, 0.6) is 46.0 Å². The second-order valence-corrected chi connectivity index (χ2v) is 13.7. The van der Waals surface area contributed by atoms with Crippen molar-refractivity contribution in [2.75, 3.05) is 0 Å². The predicted octanol–water partition coefficient (Wildman–Crippen LogP) is 15.5. The first-order chi connectivity index (χ1) is 28.7. The Hall–Kier alpha value is -7.82. The average Bonchev–Trinajstić information content (AvgIpc) is 3.29. The molecule has 0 radical (unpaired) electrons. The van der Waals surface area contributed by atoms with Crippen molar-refractivity contribution in [2.45, 2.75) is 0 Å². The van der Waals surface area contributed by atoms with E-state index < -0.39 is 0 Å². The van der Waals surface area contributed by atoms with E-state index in [2.05, 4.69) is 103 Å². The summed E-state index contributed by atoms with van der Waals surface area (Å²) >= 11 is 0. The normalized spacial score (nSPS) is 10.8. The summed E-state index contributed by atoms with van der Waals surface area (Å²) in [5.41, 5.74) is 8.60. The highest BCUT2D eigenvalue weighted by molar-refractivity contribution is 5.84. The Morgan fingerprint density at radius 2 is 0.621 bits per heavy atom. The van der Waals surface area contributed by atoms with Crippen molar-refractivity contribution < 1.29 is 18.9 Å². The van der Waals surface area contributed by atoms with Gasteiger partial charge in [-0.05, 0) is 99.6 Å². The number of benzene rings is 9. The van der Waals surface area contributed by atoms with Crippen molar-refractivity contribution in [3.05, 3.63) is 231 Å². The molecule has 0 aliphatic carbocycles. The molecular weight excluding hydrogens is 713 g/mol. The van der Waals surface area contributed by atoms with Gasteiger partial charge in [0, 0.05) is 11.6 Å². The summed E-state index contributed by atoms with van der Waals surface area (Å²) in [5.74, 6) is 4.88. The van der Waals surface area contributed by atoms with E-state index in [4.69, 9.17) is 18.9 Å². The van der Waals surface area contributed by atoms with Gasteiger partial charge in [0.2, 0.25) is 0 Å². The van der Waals surface area contributed by atoms with Gasteiger partial charge in [-0.15, -0.1) is 0 Å². The lowest BCUT2D eigenvalue weighted by Crippen LogP contribution is -1.96. The molecule has 0 atom stereocenters. The number of hydrogen-bond donors (Lipinski definition) is 0. The van der Waals surface area contributed by atoms with Crippen molar-refractivity contribution in [3.8, 4) is 90.5 Å². The van der Waals surface area contributed by atoms with E-state index in [1.165, 1.54) is 0 Å². The van der Waals surface area contributed by atoms with Crippen molar-refractivity contribution >= 4 is 0 Å². The fraction of sp³-hybridized carbons (Fsp3) is 0. The van der Waals surface area contributed by atoms with Crippen LogP contribution in [0.15, 0.2) is 231 Å². The van der Waals surface area contributed by atoms with Gasteiger partial charge >= 0.3 is 0 Å². The molecule has 0 heterocycles. The van der Waals surface area contributed by atoms with Gasteiger partial charge in [0.1, 0.15) is 23.0 Å². The summed E-state index contributed by atoms with van der Waals surface area (Å²) in [6.45, 7) is 0. The lowest BCUT2D eigenvalue weighted by molar-refractivity contribution is 0.394. The maximum atomic E-state index is 6.86. The quantitative estimate of drug-likeness (QED) is 0.125. The van der Waals surface area contributed by atoms with Crippen molar-refractivity contribution in [3.63, 3.8) is 0 Å². The summed E-state index contributed by atoms with van der Waals surface area (Å²) in [6, 6.07) is 76.8. The summed E-state index contributed by atoms with van der Waals surface area (Å²) in [6.07, 6.45) is 0. The molecule has 0 aliphatic rings. The topological polar surface area (TPSA) is 36.9 Å². The average molecular weight is 751 g/mol. The molecule has 4 heteroatoms. The van der Waals surface area contributed by atoms with E-state index in [0.717, 1.165) is 50.3 Å². The van der Waals surface area contributed by atoms with Crippen LogP contribution < -0.4 is 18.9 Å². The zero-order chi connectivity index (χ0) is 38.9. The van der Waals surface area contributed by atoms with Gasteiger partial charge in [0.25, 0.3) is 0 Å². The summed E-state index contributed by atoms with van der Waals surface area (Å²) < 4.78 is 26.4. The molecule has 9 aromatic carbocycles. The molecule has 0 N–H and O–H groups in total. The molecule has 0 unspecified atom stereocenters. The monoisotopic (exact) mass is 750 g/mol. The third-order valence-corrected chi connectivity index (χ3v) is 9.72. The predicted molar refractivity (Wildman–Crippen MR) is 234 cm³/mol. The van der Waals surface area contributed by atoms with E-state index in [1.807, 2.05) is 127 Å². The Labute approximate surface area is 338 Å². The summed E-state index contributed by atoms with van der Waals surface area (Å²) in [7, 11) is 0. The van der Waals surface area contributed by atoms with Crippen LogP contribution >= 0.6 is 0 Å². The SMILES string of the molecule is c1ccc(Oc2ccccc2Oc2c(Oc3cccc(Oc4cccc(-c5ccccc5-c5ccccc5)c4)c3)cccc2-c2cccc(-c3ccccc3)c2)cc1. The van der Waals surface area contributed by atoms with Crippen LogP contribution in [0.3, 0.4) is 0 Å². The first kappa shape index (κ1) is 35.9. The van der Waals surface area contributed by atoms with E-state index in [0.29, 0.717) is 40.2 Å². The van der Waals surface area contributed by atoms with Crippen LogP contribution in [0.25, 0.3) is 44.5 Å². The standard InChI is InChI=1S/C54H38O4/c1-4-18-39(19-5-1)41-22-14-23-42(36-41)50-32-17-35-53(54(50)58-52-34-13-12-33-51(52)56-44-25-8-3-9-26-44)57-47-29-16-28-46(38-47)55-45-27-15-24-43(37-45)49-31-11-10-30-48(49)40-20-6-2-7-21-40/h1-38H. The molecule has 0 fully saturated rings. The fourth-order valence-corrected chi connectivity index (χ4v) is 6.97. The van der Waals surface area contributed by atoms with Gasteiger partial charge < -0.3 is 18.9 Å². The molecule has 0 aromatic heterocycles. The number of hydrogen-bond acceptors (Lipinski definition) is 4. The Morgan fingerprint density at radius 1 is 0.207 bits per heavy atom. The van der Waals surface area contributed by atoms with Gasteiger partial charge in [-0.25, -0.2) is 0 Å². The Kier molecular flexibility index (Phi) is 10.5. The van der Waals surface area contributed by atoms with Crippen molar-refractivity contribution in [2.24, 2.45) is 0 Å². The lowest BCUT2D eigenvalue weighted by atomic mass is 9.94. The van der Waals surface area contributed by atoms with Gasteiger partial charge in [-0.1, -0.05) is 164 Å². The van der Waals surface area contributed by atoms with Crippen molar-refractivity contribution in [1.29, 1.82) is 0 Å². The van der Waals surface area contributed by atoms with Crippen LogP contribution in [0, 0.1) is 0 Å². The molecule has 0 bridgehead atoms. The highest BCUT2D eigenvalue weighted by atomic mass is 16.5. The highest BCUT2D eigenvalue weighted by Crippen LogP contribution is 2.46. The minimum atomic E-state index is 0.536. The minimum absolute atomic E-state index is 0.536. The third kappa shape index (κ3) is 8.23. The highest BCUT2D eigenvalue weighted by Gasteiger charge is 2.19. The zero-order valence-corrected chi connectivity index (χ0v) is 31.6. The third-order valence-electron chi connectivity index (χ3n) is 9.72. The molecule has 0 aliphatic heterocycles. The van der Waals surface area contributed by atoms with Crippen LogP contribution in [0.2, 0.25) is 0 Å². The smallest absolute Gasteiger partial charge is 0.177 e. The van der Waals surface area contributed by atoms with E-state index >= 15 is 0 Å². The Morgan fingerprint density at radius 3 is 1.34 bits per heavy atom. The zero-order valence-electron chi connectivity index (χ0n) is 31.6. The maximum absolute atomic E-state index is 6.86. The number of ether oxygens (including phenoxy) is 4. The van der Waals surface area contributed by atoms with Crippen molar-refractivity contribution in [1.82, 2.24) is 0 Å². The van der Waals surface area contributed by atoms with E-state index in [-0.39, 0.29) is 0 Å². The molecule has 0 saturated carbocycles. The lowest BCUT2D eigenvalue weighted by Gasteiger charge is -2.19. The molecule has 0 spiro atoms. The molecular formula is C54H38O4. The van der Waals surface area contributed by atoms with Crippen LogP contribution in [0.4, 0.5) is 0 Å². The van der Waals surface area contributed by atoms with Crippen LogP contribution in [-0.2, 0) is 0 Å². The molecule has 9 rings (SSSR count). The summed E-state index contributed by atoms with van der Waals surface area (Å²) in [5, 5.41) is 0. The first-order valence-corrected chi connectivity index (χ1v) is 19.2. The Balaban J connectivity index is 1.05. The largest absolute Gasteiger partial charge is 0.457 e. The number of rotatable bonds is 12. The minimum Gasteiger partial charge on any atom is -0.457 e. The maximum Gasteiger partial charge on any atom is 0.177 e. The van der Waals surface area contributed by atoms with Gasteiger partial charge in [0.15, 0.2) is 23.0 Å². The Bertz CT molecular complexity index is 2780.